The zero-order valence-corrected chi connectivity index (χ0v) is 12.8. The predicted octanol–water partition coefficient (Wildman–Crippen LogP) is 1.23. The minimum atomic E-state index is -0.510. The minimum Gasteiger partial charge on any atom is -0.396 e. The lowest BCUT2D eigenvalue weighted by Gasteiger charge is -2.26. The zero-order valence-electron chi connectivity index (χ0n) is 12.8. The van der Waals surface area contributed by atoms with Crippen LogP contribution in [0.4, 0.5) is 4.39 Å². The number of aliphatic hydroxyl groups is 1. The molecular weight excluding hydrogens is 287 g/mol. The van der Waals surface area contributed by atoms with Gasteiger partial charge >= 0.3 is 0 Å². The zero-order chi connectivity index (χ0) is 16.3. The molecule has 22 heavy (non-hydrogen) atoms. The van der Waals surface area contributed by atoms with Gasteiger partial charge in [0.1, 0.15) is 5.82 Å². The Morgan fingerprint density at radius 1 is 1.45 bits per heavy atom. The first kappa shape index (κ1) is 16.4. The van der Waals surface area contributed by atoms with Gasteiger partial charge in [-0.1, -0.05) is 12.1 Å². The fraction of sp³-hybridized carbons (Fsp3) is 0.500. The second-order valence-corrected chi connectivity index (χ2v) is 5.73. The van der Waals surface area contributed by atoms with Gasteiger partial charge < -0.3 is 15.3 Å². The summed E-state index contributed by atoms with van der Waals surface area (Å²) in [6, 6.07) is 5.31. The molecule has 1 fully saturated rings. The molecule has 5 nitrogen and oxygen atoms in total. The molecule has 1 aromatic rings. The van der Waals surface area contributed by atoms with Crippen LogP contribution in [0.5, 0.6) is 0 Å². The Bertz CT molecular complexity index is 547. The molecule has 0 radical (unpaired) electrons. The van der Waals surface area contributed by atoms with Crippen molar-refractivity contribution in [2.75, 3.05) is 13.7 Å². The Morgan fingerprint density at radius 2 is 2.09 bits per heavy atom. The van der Waals surface area contributed by atoms with Gasteiger partial charge in [-0.25, -0.2) is 4.39 Å². The summed E-state index contributed by atoms with van der Waals surface area (Å²) >= 11 is 0. The van der Waals surface area contributed by atoms with Crippen LogP contribution >= 0.6 is 0 Å². The lowest BCUT2D eigenvalue weighted by Crippen LogP contribution is -2.39. The molecule has 0 aromatic heterocycles. The van der Waals surface area contributed by atoms with Crippen molar-refractivity contribution in [3.8, 4) is 0 Å². The number of halogens is 1. The summed E-state index contributed by atoms with van der Waals surface area (Å²) in [5.41, 5.74) is 0.740. The summed E-state index contributed by atoms with van der Waals surface area (Å²) in [6.45, 7) is 1.80. The molecule has 1 aromatic carbocycles. The van der Waals surface area contributed by atoms with Crippen LogP contribution < -0.4 is 5.32 Å². The van der Waals surface area contributed by atoms with Gasteiger partial charge in [-0.15, -0.1) is 0 Å². The average molecular weight is 308 g/mol. The molecule has 3 atom stereocenters. The van der Waals surface area contributed by atoms with Gasteiger partial charge in [0.05, 0.1) is 12.0 Å². The number of rotatable bonds is 5. The smallest absolute Gasteiger partial charge is 0.226 e. The first-order valence-corrected chi connectivity index (χ1v) is 7.36. The lowest BCUT2D eigenvalue weighted by atomic mass is 9.92. The van der Waals surface area contributed by atoms with Gasteiger partial charge in [0, 0.05) is 26.1 Å². The van der Waals surface area contributed by atoms with Gasteiger partial charge in [-0.2, -0.15) is 0 Å². The van der Waals surface area contributed by atoms with Crippen molar-refractivity contribution >= 4 is 11.8 Å². The van der Waals surface area contributed by atoms with Crippen molar-refractivity contribution in [2.24, 2.45) is 5.92 Å². The van der Waals surface area contributed by atoms with Crippen molar-refractivity contribution in [1.82, 2.24) is 10.2 Å². The van der Waals surface area contributed by atoms with E-state index in [1.807, 2.05) is 6.92 Å². The van der Waals surface area contributed by atoms with Crippen molar-refractivity contribution in [2.45, 2.75) is 31.8 Å². The van der Waals surface area contributed by atoms with Gasteiger partial charge in [-0.05, 0) is 31.0 Å². The molecule has 0 bridgehead atoms. The van der Waals surface area contributed by atoms with E-state index in [0.29, 0.717) is 6.42 Å². The highest BCUT2D eigenvalue weighted by Gasteiger charge is 2.42. The molecule has 6 heteroatoms. The molecule has 1 aliphatic heterocycles. The van der Waals surface area contributed by atoms with Gasteiger partial charge in [-0.3, -0.25) is 9.59 Å². The van der Waals surface area contributed by atoms with Crippen molar-refractivity contribution in [3.63, 3.8) is 0 Å². The number of nitrogens with zero attached hydrogens (tertiary/aromatic N) is 1. The summed E-state index contributed by atoms with van der Waals surface area (Å²) in [4.78, 5) is 25.9. The molecule has 1 aliphatic rings. The molecule has 2 rings (SSSR count). The second-order valence-electron chi connectivity index (χ2n) is 5.73. The van der Waals surface area contributed by atoms with Crippen LogP contribution in [0.1, 0.15) is 31.4 Å². The van der Waals surface area contributed by atoms with E-state index in [4.69, 9.17) is 5.11 Å². The van der Waals surface area contributed by atoms with E-state index in [-0.39, 0.29) is 36.7 Å². The number of aliphatic hydroxyl groups excluding tert-OH is 1. The van der Waals surface area contributed by atoms with E-state index < -0.39 is 12.0 Å². The highest BCUT2D eigenvalue weighted by Crippen LogP contribution is 2.37. The Hall–Kier alpha value is -1.95. The standard InChI is InChI=1S/C16H21FN2O3/c1-10(7-8-20)18-16(22)13-9-14(21)19(2)15(13)11-3-5-12(17)6-4-11/h3-6,10,13,15,20H,7-9H2,1-2H3,(H,18,22). The number of carbonyl (C=O) groups is 2. The van der Waals surface area contributed by atoms with Crippen LogP contribution in [0.3, 0.4) is 0 Å². The topological polar surface area (TPSA) is 69.6 Å². The van der Waals surface area contributed by atoms with Crippen LogP contribution in [0.25, 0.3) is 0 Å². The first-order chi connectivity index (χ1) is 10.4. The van der Waals surface area contributed by atoms with Crippen LogP contribution in [0.2, 0.25) is 0 Å². The molecule has 2 amide bonds. The third kappa shape index (κ3) is 3.44. The van der Waals surface area contributed by atoms with Crippen LogP contribution in [-0.4, -0.2) is 41.5 Å². The Balaban J connectivity index is 2.19. The molecule has 2 N–H and O–H groups in total. The van der Waals surface area contributed by atoms with Crippen molar-refractivity contribution < 1.29 is 19.1 Å². The third-order valence-corrected chi connectivity index (χ3v) is 4.09. The molecule has 0 saturated carbocycles. The van der Waals surface area contributed by atoms with Gasteiger partial charge in [0.25, 0.3) is 0 Å². The molecule has 1 saturated heterocycles. The van der Waals surface area contributed by atoms with E-state index in [2.05, 4.69) is 5.32 Å². The van der Waals surface area contributed by atoms with Crippen LogP contribution in [0.15, 0.2) is 24.3 Å². The van der Waals surface area contributed by atoms with Crippen LogP contribution in [-0.2, 0) is 9.59 Å². The maximum absolute atomic E-state index is 13.1. The van der Waals surface area contributed by atoms with Gasteiger partial charge in [0.2, 0.25) is 11.8 Å². The summed E-state index contributed by atoms with van der Waals surface area (Å²) in [6.07, 6.45) is 0.597. The maximum Gasteiger partial charge on any atom is 0.226 e. The van der Waals surface area contributed by atoms with E-state index in [1.54, 1.807) is 19.2 Å². The molecule has 0 aliphatic carbocycles. The summed E-state index contributed by atoms with van der Waals surface area (Å²) in [5, 5.41) is 11.7. The highest BCUT2D eigenvalue weighted by atomic mass is 19.1. The highest BCUT2D eigenvalue weighted by molar-refractivity contribution is 5.90. The fourth-order valence-electron chi connectivity index (χ4n) is 2.84. The second kappa shape index (κ2) is 6.87. The molecular formula is C16H21FN2O3. The molecule has 120 valence electrons. The van der Waals surface area contributed by atoms with Crippen molar-refractivity contribution in [1.29, 1.82) is 0 Å². The van der Waals surface area contributed by atoms with E-state index in [9.17, 15) is 14.0 Å². The predicted molar refractivity (Wildman–Crippen MR) is 79.3 cm³/mol. The van der Waals surface area contributed by atoms with E-state index in [0.717, 1.165) is 5.56 Å². The largest absolute Gasteiger partial charge is 0.396 e. The van der Waals surface area contributed by atoms with Gasteiger partial charge in [0.15, 0.2) is 0 Å². The van der Waals surface area contributed by atoms with E-state index >= 15 is 0 Å². The molecule has 3 unspecified atom stereocenters. The van der Waals surface area contributed by atoms with E-state index in [1.165, 1.54) is 17.0 Å². The Kier molecular flexibility index (Phi) is 5.13. The number of hydrogen-bond acceptors (Lipinski definition) is 3. The number of nitrogens with one attached hydrogen (secondary N) is 1. The number of hydrogen-bond donors (Lipinski definition) is 2. The Morgan fingerprint density at radius 3 is 2.68 bits per heavy atom. The normalized spacial score (nSPS) is 22.7. The van der Waals surface area contributed by atoms with Crippen molar-refractivity contribution in [3.05, 3.63) is 35.6 Å². The quantitative estimate of drug-likeness (QED) is 0.859. The van der Waals surface area contributed by atoms with Crippen LogP contribution in [0, 0.1) is 11.7 Å². The Labute approximate surface area is 129 Å². The minimum absolute atomic E-state index is 0.00760. The fourth-order valence-corrected chi connectivity index (χ4v) is 2.84. The summed E-state index contributed by atoms with van der Waals surface area (Å²) in [5.74, 6) is -1.19. The molecule has 0 spiro atoms. The monoisotopic (exact) mass is 308 g/mol. The third-order valence-electron chi connectivity index (χ3n) is 4.09. The number of benzene rings is 1. The number of likely N-dealkylation sites (tertiary alicyclic amines) is 1. The summed E-state index contributed by atoms with van der Waals surface area (Å²) in [7, 11) is 1.65. The maximum atomic E-state index is 13.1. The molecule has 1 heterocycles. The lowest BCUT2D eigenvalue weighted by molar-refractivity contribution is -0.128. The number of carbonyl (C=O) groups excluding carboxylic acids is 2. The summed E-state index contributed by atoms with van der Waals surface area (Å²) < 4.78 is 13.1. The SMILES string of the molecule is CC(CCO)NC(=O)C1CC(=O)N(C)C1c1ccc(F)cc1. The average Bonchev–Trinajstić information content (AvgIpc) is 2.76. The number of amides is 2. The first-order valence-electron chi connectivity index (χ1n) is 7.36.